The van der Waals surface area contributed by atoms with E-state index in [0.29, 0.717) is 16.6 Å². The molecular weight excluding hydrogens is 176 g/mol. The molecule has 0 aliphatic carbocycles. The second kappa shape index (κ2) is 4.73. The summed E-state index contributed by atoms with van der Waals surface area (Å²) in [6, 6.07) is 0. The van der Waals surface area contributed by atoms with Crippen LogP contribution < -0.4 is 0 Å². The molecule has 0 aliphatic rings. The maximum Gasteiger partial charge on any atom is -0.00928 e. The molecule has 0 atom stereocenters. The molecule has 0 aromatic rings. The Bertz CT molecular complexity index is 181. The van der Waals surface area contributed by atoms with Crippen LogP contribution in [0.1, 0.15) is 41.5 Å². The van der Waals surface area contributed by atoms with Crippen LogP contribution in [-0.4, -0.2) is 18.7 Å². The summed E-state index contributed by atoms with van der Waals surface area (Å²) in [4.78, 5) is 3.18. The van der Waals surface area contributed by atoms with Crippen molar-refractivity contribution in [3.05, 3.63) is 5.53 Å². The van der Waals surface area contributed by atoms with Gasteiger partial charge in [0.05, 0.1) is 0 Å². The summed E-state index contributed by atoms with van der Waals surface area (Å²) in [6.07, 6.45) is 0. The van der Waals surface area contributed by atoms with Crippen LogP contribution in [0.15, 0.2) is 0 Å². The van der Waals surface area contributed by atoms with Crippen molar-refractivity contribution in [3.8, 4) is 0 Å². The highest BCUT2D eigenvalue weighted by Crippen LogP contribution is 2.39. The largest absolute Gasteiger partial charge is 0.408 e. The van der Waals surface area contributed by atoms with Gasteiger partial charge in [-0.2, -0.15) is 0 Å². The zero-order valence-electron chi connectivity index (χ0n) is 9.63. The molecule has 0 N–H and O–H groups in total. The molecule has 3 heteroatoms. The van der Waals surface area contributed by atoms with Crippen LogP contribution in [0.4, 0.5) is 0 Å². The van der Waals surface area contributed by atoms with E-state index in [1.807, 2.05) is 0 Å². The summed E-state index contributed by atoms with van der Waals surface area (Å²) in [7, 11) is -1.69. The molecule has 0 saturated heterocycles. The number of rotatable bonds is 4. The lowest BCUT2D eigenvalue weighted by molar-refractivity contribution is 0.00633. The second-order valence-corrected chi connectivity index (χ2v) is 10.2. The molecule has 0 rings (SSSR count). The Morgan fingerprint density at radius 3 is 1.31 bits per heavy atom. The zero-order valence-corrected chi connectivity index (χ0v) is 10.6. The predicted octanol–water partition coefficient (Wildman–Crippen LogP) is 3.38. The third kappa shape index (κ3) is 2.29. The highest BCUT2D eigenvalue weighted by molar-refractivity contribution is 7.04. The van der Waals surface area contributed by atoms with Gasteiger partial charge in [0, 0.05) is 0 Å². The molecule has 0 fully saturated rings. The molecule has 76 valence electrons. The highest BCUT2D eigenvalue weighted by atomic mass is 28.3. The summed E-state index contributed by atoms with van der Waals surface area (Å²) >= 11 is 0. The minimum Gasteiger partial charge on any atom is -0.408 e. The third-order valence-corrected chi connectivity index (χ3v) is 9.33. The van der Waals surface area contributed by atoms with Crippen molar-refractivity contribution in [3.63, 3.8) is 0 Å². The van der Waals surface area contributed by atoms with Gasteiger partial charge in [-0.1, -0.05) is 64.0 Å². The molecule has 0 saturated carbocycles. The fourth-order valence-electron chi connectivity index (χ4n) is 2.47. The minimum absolute atomic E-state index is 0.573. The number of hydrogen-bond acceptors (Lipinski definition) is 0. The van der Waals surface area contributed by atoms with Crippen LogP contribution in [0.25, 0.3) is 5.53 Å². The van der Waals surface area contributed by atoms with E-state index >= 15 is 0 Å². The average molecular weight is 197 g/mol. The lowest BCUT2D eigenvalue weighted by Gasteiger charge is -2.44. The first-order chi connectivity index (χ1) is 5.89. The summed E-state index contributed by atoms with van der Waals surface area (Å²) in [5, 5.41) is 0. The van der Waals surface area contributed by atoms with Gasteiger partial charge in [-0.05, 0) is 8.07 Å². The Kier molecular flexibility index (Phi) is 4.58. The third-order valence-electron chi connectivity index (χ3n) is 3.11. The second-order valence-electron chi connectivity index (χ2n) is 4.61. The Hall–Kier alpha value is -0.403. The Labute approximate surface area is 83.0 Å². The van der Waals surface area contributed by atoms with Crippen LogP contribution in [0.3, 0.4) is 0 Å². The van der Waals surface area contributed by atoms with Crippen LogP contribution in [-0.2, 0) is 0 Å². The van der Waals surface area contributed by atoms with Crippen molar-refractivity contribution in [1.82, 2.24) is 0 Å². The first-order valence-electron chi connectivity index (χ1n) is 5.00. The number of nitrogens with zero attached hydrogens (tertiary/aromatic N) is 2. The van der Waals surface area contributed by atoms with Gasteiger partial charge >= 0.3 is 0 Å². The molecule has 0 radical (unpaired) electrons. The van der Waals surface area contributed by atoms with E-state index < -0.39 is 8.07 Å². The van der Waals surface area contributed by atoms with Gasteiger partial charge in [-0.3, -0.25) is 0 Å². The van der Waals surface area contributed by atoms with Gasteiger partial charge < -0.3 is 10.3 Å². The summed E-state index contributed by atoms with van der Waals surface area (Å²) in [6.45, 7) is 13.3. The van der Waals surface area contributed by atoms with E-state index in [4.69, 9.17) is 5.53 Å². The smallest absolute Gasteiger partial charge is 0.00928 e. The normalized spacial score (nSPS) is 12.4. The van der Waals surface area contributed by atoms with Gasteiger partial charge in [0.25, 0.3) is 0 Å². The molecule has 0 bridgehead atoms. The molecule has 0 aliphatic heterocycles. The molecule has 13 heavy (non-hydrogen) atoms. The van der Waals surface area contributed by atoms with Gasteiger partial charge in [-0.25, -0.2) is 0 Å². The first-order valence-corrected chi connectivity index (χ1v) is 7.24. The van der Waals surface area contributed by atoms with Crippen molar-refractivity contribution in [1.29, 1.82) is 0 Å². The minimum atomic E-state index is -1.69. The van der Waals surface area contributed by atoms with E-state index in [1.165, 1.54) is 0 Å². The van der Waals surface area contributed by atoms with Gasteiger partial charge in [0.15, 0.2) is 0 Å². The monoisotopic (exact) mass is 197 g/mol. The van der Waals surface area contributed by atoms with Gasteiger partial charge in [0.1, 0.15) is 0 Å². The van der Waals surface area contributed by atoms with Gasteiger partial charge in [0.2, 0.25) is 0 Å². The Morgan fingerprint density at radius 2 is 1.23 bits per heavy atom. The molecule has 0 amide bonds. The zero-order chi connectivity index (χ0) is 10.6. The van der Waals surface area contributed by atoms with Crippen LogP contribution in [0.2, 0.25) is 16.6 Å². The Balaban J connectivity index is 5.17. The predicted molar refractivity (Wildman–Crippen MR) is 59.7 cm³/mol. The van der Waals surface area contributed by atoms with Crippen LogP contribution in [0.5, 0.6) is 0 Å². The maximum atomic E-state index is 8.70. The molecule has 0 aromatic heterocycles. The summed E-state index contributed by atoms with van der Waals surface area (Å²) < 4.78 is 0. The molecule has 2 nitrogen and oxygen atoms in total. The van der Waals surface area contributed by atoms with Crippen LogP contribution >= 0.6 is 0 Å². The first kappa shape index (κ1) is 12.6. The molecule has 0 unspecified atom stereocenters. The standard InChI is InChI=1S/C10H21N2Si/c1-8(2)13(7-12-11,9(3)4)10(5)6/h8-10H,1-6H3/q-1. The van der Waals surface area contributed by atoms with Crippen molar-refractivity contribution >= 4 is 13.9 Å². The Morgan fingerprint density at radius 1 is 0.923 bits per heavy atom. The van der Waals surface area contributed by atoms with Crippen molar-refractivity contribution in [2.24, 2.45) is 0 Å². The van der Waals surface area contributed by atoms with E-state index in [2.05, 4.69) is 52.2 Å². The molecule has 0 aromatic carbocycles. The lowest BCUT2D eigenvalue weighted by atomic mass is 10.5. The quantitative estimate of drug-likeness (QED) is 0.218. The molecule has 0 spiro atoms. The van der Waals surface area contributed by atoms with Crippen molar-refractivity contribution in [2.45, 2.75) is 58.2 Å². The maximum absolute atomic E-state index is 8.70. The fraction of sp³-hybridized carbons (Fsp3) is 0.900. The van der Waals surface area contributed by atoms with Gasteiger partial charge in [-0.15, -0.1) is 0 Å². The molecular formula is C10H21N2Si-. The van der Waals surface area contributed by atoms with Crippen LogP contribution in [0, 0.1) is 0 Å². The van der Waals surface area contributed by atoms with E-state index in [0.717, 1.165) is 0 Å². The van der Waals surface area contributed by atoms with E-state index in [-0.39, 0.29) is 0 Å². The van der Waals surface area contributed by atoms with E-state index in [1.54, 1.807) is 0 Å². The average Bonchev–Trinajstić information content (AvgIpc) is 1.97. The SMILES string of the molecule is CC(C)[Si]([C-]=[N+]=[N-])(C(C)C)C(C)C. The number of hydrogen-bond donors (Lipinski definition) is 0. The van der Waals surface area contributed by atoms with Crippen molar-refractivity contribution < 1.29 is 4.79 Å². The lowest BCUT2D eigenvalue weighted by Crippen LogP contribution is -2.46. The highest BCUT2D eigenvalue weighted by Gasteiger charge is 2.35. The summed E-state index contributed by atoms with van der Waals surface area (Å²) in [5.74, 6) is 3.01. The van der Waals surface area contributed by atoms with Crippen molar-refractivity contribution in [2.75, 3.05) is 0 Å². The topological polar surface area (TPSA) is 36.4 Å². The van der Waals surface area contributed by atoms with E-state index in [9.17, 15) is 0 Å². The summed E-state index contributed by atoms with van der Waals surface area (Å²) in [5.41, 5.74) is 10.4. The fourth-order valence-corrected chi connectivity index (χ4v) is 7.42. The molecule has 0 heterocycles.